The summed E-state index contributed by atoms with van der Waals surface area (Å²) in [5, 5.41) is 3.37. The summed E-state index contributed by atoms with van der Waals surface area (Å²) >= 11 is 0. The van der Waals surface area contributed by atoms with E-state index in [-0.39, 0.29) is 0 Å². The van der Waals surface area contributed by atoms with Crippen molar-refractivity contribution in [3.05, 3.63) is 23.8 Å². The first-order chi connectivity index (χ1) is 6.93. The molecule has 1 N–H and O–H groups in total. The fourth-order valence-electron chi connectivity index (χ4n) is 1.85. The van der Waals surface area contributed by atoms with E-state index in [4.69, 9.17) is 9.47 Å². The van der Waals surface area contributed by atoms with Gasteiger partial charge >= 0.3 is 0 Å². The lowest BCUT2D eigenvalue weighted by Gasteiger charge is -2.29. The van der Waals surface area contributed by atoms with Gasteiger partial charge in [0.25, 0.3) is 0 Å². The van der Waals surface area contributed by atoms with Crippen molar-refractivity contribution in [1.29, 1.82) is 0 Å². The van der Waals surface area contributed by atoms with Crippen LogP contribution in [0, 0.1) is 0 Å². The molecule has 1 saturated heterocycles. The minimum atomic E-state index is 0.519. The molecule has 0 aromatic heterocycles. The van der Waals surface area contributed by atoms with Gasteiger partial charge in [-0.15, -0.1) is 0 Å². The van der Waals surface area contributed by atoms with Crippen molar-refractivity contribution in [2.75, 3.05) is 19.8 Å². The van der Waals surface area contributed by atoms with Gasteiger partial charge in [-0.2, -0.15) is 0 Å². The number of hydrogen-bond acceptors (Lipinski definition) is 3. The van der Waals surface area contributed by atoms with Crippen LogP contribution in [0.4, 0.5) is 0 Å². The van der Waals surface area contributed by atoms with Crippen LogP contribution < -0.4 is 14.8 Å². The second-order valence-electron chi connectivity index (χ2n) is 3.70. The molecule has 0 unspecified atom stereocenters. The van der Waals surface area contributed by atoms with Gasteiger partial charge in [-0.05, 0) is 30.7 Å². The molecule has 1 atom stereocenters. The number of nitrogens with one attached hydrogen (secondary N) is 1. The van der Waals surface area contributed by atoms with Crippen molar-refractivity contribution >= 4 is 0 Å². The van der Waals surface area contributed by atoms with Crippen LogP contribution in [0.25, 0.3) is 0 Å². The summed E-state index contributed by atoms with van der Waals surface area (Å²) in [4.78, 5) is 0. The second-order valence-corrected chi connectivity index (χ2v) is 3.70. The van der Waals surface area contributed by atoms with Crippen molar-refractivity contribution in [2.24, 2.45) is 0 Å². The zero-order valence-electron chi connectivity index (χ0n) is 7.95. The smallest absolute Gasteiger partial charge is 0.161 e. The van der Waals surface area contributed by atoms with Gasteiger partial charge in [0.1, 0.15) is 13.2 Å². The summed E-state index contributed by atoms with van der Waals surface area (Å²) in [7, 11) is 0. The molecular formula is C11H13NO2. The average molecular weight is 191 g/mol. The molecule has 3 heteroatoms. The van der Waals surface area contributed by atoms with Gasteiger partial charge in [0.05, 0.1) is 0 Å². The Morgan fingerprint density at radius 2 is 1.93 bits per heavy atom. The molecule has 1 aromatic carbocycles. The first-order valence-electron chi connectivity index (χ1n) is 5.06. The lowest BCUT2D eigenvalue weighted by Crippen LogP contribution is -2.34. The van der Waals surface area contributed by atoms with Gasteiger partial charge in [0.15, 0.2) is 11.5 Å². The average Bonchev–Trinajstić information content (AvgIpc) is 2.15. The molecule has 14 heavy (non-hydrogen) atoms. The van der Waals surface area contributed by atoms with Crippen molar-refractivity contribution in [1.82, 2.24) is 5.32 Å². The van der Waals surface area contributed by atoms with E-state index in [2.05, 4.69) is 17.4 Å². The molecule has 0 saturated carbocycles. The Morgan fingerprint density at radius 3 is 2.64 bits per heavy atom. The molecule has 1 fully saturated rings. The predicted molar refractivity (Wildman–Crippen MR) is 52.8 cm³/mol. The Hall–Kier alpha value is -1.22. The lowest BCUT2D eigenvalue weighted by atomic mass is 9.98. The van der Waals surface area contributed by atoms with Gasteiger partial charge in [0.2, 0.25) is 0 Å². The van der Waals surface area contributed by atoms with Crippen molar-refractivity contribution < 1.29 is 9.47 Å². The number of hydrogen-bond donors (Lipinski definition) is 1. The highest BCUT2D eigenvalue weighted by molar-refractivity contribution is 5.44. The molecule has 0 bridgehead atoms. The number of fused-ring (bicyclic) bond motifs is 1. The maximum atomic E-state index is 5.53. The van der Waals surface area contributed by atoms with Crippen molar-refractivity contribution in [3.63, 3.8) is 0 Å². The fraction of sp³-hybridized carbons (Fsp3) is 0.455. The summed E-state index contributed by atoms with van der Waals surface area (Å²) in [5.74, 6) is 1.77. The predicted octanol–water partition coefficient (Wildman–Crippen LogP) is 1.49. The first-order valence-corrected chi connectivity index (χ1v) is 5.06. The Labute approximate surface area is 83.0 Å². The van der Waals surface area contributed by atoms with Gasteiger partial charge in [-0.3, -0.25) is 0 Å². The van der Waals surface area contributed by atoms with E-state index >= 15 is 0 Å². The van der Waals surface area contributed by atoms with E-state index in [9.17, 15) is 0 Å². The SMILES string of the molecule is c1cc2c(cc1[C@H]1CCN1)OCCO2. The van der Waals surface area contributed by atoms with Gasteiger partial charge in [0, 0.05) is 6.04 Å². The van der Waals surface area contributed by atoms with Crippen LogP contribution in [0.15, 0.2) is 18.2 Å². The monoisotopic (exact) mass is 191 g/mol. The summed E-state index contributed by atoms with van der Waals surface area (Å²) in [6.07, 6.45) is 1.22. The van der Waals surface area contributed by atoms with Crippen molar-refractivity contribution in [2.45, 2.75) is 12.5 Å². The van der Waals surface area contributed by atoms with E-state index < -0.39 is 0 Å². The van der Waals surface area contributed by atoms with E-state index in [1.165, 1.54) is 12.0 Å². The van der Waals surface area contributed by atoms with Gasteiger partial charge in [-0.25, -0.2) is 0 Å². The normalized spacial score (nSPS) is 24.1. The third kappa shape index (κ3) is 1.24. The van der Waals surface area contributed by atoms with Crippen LogP contribution >= 0.6 is 0 Å². The minimum absolute atomic E-state index is 0.519. The molecule has 0 aliphatic carbocycles. The summed E-state index contributed by atoms with van der Waals surface area (Å²) < 4.78 is 11.0. The van der Waals surface area contributed by atoms with Crippen LogP contribution in [0.1, 0.15) is 18.0 Å². The molecule has 74 valence electrons. The highest BCUT2D eigenvalue weighted by atomic mass is 16.6. The maximum Gasteiger partial charge on any atom is 0.161 e. The van der Waals surface area contributed by atoms with E-state index in [1.807, 2.05) is 6.07 Å². The van der Waals surface area contributed by atoms with E-state index in [0.717, 1.165) is 18.0 Å². The van der Waals surface area contributed by atoms with E-state index in [1.54, 1.807) is 0 Å². The molecule has 3 nitrogen and oxygen atoms in total. The zero-order valence-corrected chi connectivity index (χ0v) is 7.95. The zero-order chi connectivity index (χ0) is 9.38. The Morgan fingerprint density at radius 1 is 1.14 bits per heavy atom. The topological polar surface area (TPSA) is 30.5 Å². The maximum absolute atomic E-state index is 5.53. The fourth-order valence-corrected chi connectivity index (χ4v) is 1.85. The quantitative estimate of drug-likeness (QED) is 0.729. The summed E-state index contributed by atoms with van der Waals surface area (Å²) in [5.41, 5.74) is 1.31. The third-order valence-corrected chi connectivity index (χ3v) is 2.79. The molecule has 2 aliphatic heterocycles. The molecule has 2 aliphatic rings. The van der Waals surface area contributed by atoms with Crippen LogP contribution in [0.5, 0.6) is 11.5 Å². The highest BCUT2D eigenvalue weighted by Gasteiger charge is 2.20. The van der Waals surface area contributed by atoms with E-state index in [0.29, 0.717) is 19.3 Å². The highest BCUT2D eigenvalue weighted by Crippen LogP contribution is 2.34. The van der Waals surface area contributed by atoms with Crippen LogP contribution in [-0.4, -0.2) is 19.8 Å². The number of benzene rings is 1. The second kappa shape index (κ2) is 3.17. The van der Waals surface area contributed by atoms with Crippen LogP contribution in [-0.2, 0) is 0 Å². The third-order valence-electron chi connectivity index (χ3n) is 2.79. The molecule has 0 radical (unpaired) electrons. The molecule has 3 rings (SSSR count). The molecule has 2 heterocycles. The first kappa shape index (κ1) is 8.12. The Kier molecular flexibility index (Phi) is 1.84. The number of ether oxygens (including phenoxy) is 2. The standard InChI is InChI=1S/C11H13NO2/c1-2-10-11(14-6-5-13-10)7-8(1)9-3-4-12-9/h1-2,7,9,12H,3-6H2/t9-/m1/s1. The van der Waals surface area contributed by atoms with Gasteiger partial charge < -0.3 is 14.8 Å². The van der Waals surface area contributed by atoms with Gasteiger partial charge in [-0.1, -0.05) is 6.07 Å². The van der Waals surface area contributed by atoms with Crippen molar-refractivity contribution in [3.8, 4) is 11.5 Å². The molecule has 1 aromatic rings. The number of rotatable bonds is 1. The molecule has 0 amide bonds. The van der Waals surface area contributed by atoms with Crippen LogP contribution in [0.2, 0.25) is 0 Å². The lowest BCUT2D eigenvalue weighted by molar-refractivity contribution is 0.171. The Balaban J connectivity index is 1.92. The molecule has 0 spiro atoms. The molecular weight excluding hydrogens is 178 g/mol. The minimum Gasteiger partial charge on any atom is -0.486 e. The largest absolute Gasteiger partial charge is 0.486 e. The summed E-state index contributed by atoms with van der Waals surface area (Å²) in [6.45, 7) is 2.45. The summed E-state index contributed by atoms with van der Waals surface area (Å²) in [6, 6.07) is 6.73. The van der Waals surface area contributed by atoms with Crippen LogP contribution in [0.3, 0.4) is 0 Å². The Bertz CT molecular complexity index is 347.